The van der Waals surface area contributed by atoms with Gasteiger partial charge in [-0.2, -0.15) is 0 Å². The Morgan fingerprint density at radius 1 is 1.50 bits per heavy atom. The molecule has 5 nitrogen and oxygen atoms in total. The molecule has 0 aromatic carbocycles. The third-order valence-corrected chi connectivity index (χ3v) is 1.78. The van der Waals surface area contributed by atoms with E-state index in [0.717, 1.165) is 0 Å². The molecule has 70 valence electrons. The fourth-order valence-electron chi connectivity index (χ4n) is 1.07. The van der Waals surface area contributed by atoms with Gasteiger partial charge in [0.05, 0.1) is 19.8 Å². The third kappa shape index (κ3) is 2.17. The van der Waals surface area contributed by atoms with Crippen molar-refractivity contribution in [2.75, 3.05) is 32.9 Å². The fraction of sp³-hybridized carbons (Fsp3) is 0.857. The standard InChI is InChI=1S/C7H13NO4/c9-5-6(10)7(11)8-1-3-12-4-2-8/h6,9-10H,1-5H2. The first kappa shape index (κ1) is 9.44. The Morgan fingerprint density at radius 2 is 2.08 bits per heavy atom. The van der Waals surface area contributed by atoms with Crippen molar-refractivity contribution in [1.82, 2.24) is 4.90 Å². The van der Waals surface area contributed by atoms with Gasteiger partial charge in [0, 0.05) is 13.1 Å². The second kappa shape index (κ2) is 4.39. The number of ether oxygens (including phenoxy) is 1. The fourth-order valence-corrected chi connectivity index (χ4v) is 1.07. The maximum absolute atomic E-state index is 11.2. The van der Waals surface area contributed by atoms with Crippen molar-refractivity contribution in [1.29, 1.82) is 0 Å². The van der Waals surface area contributed by atoms with Crippen LogP contribution in [-0.4, -0.2) is 60.0 Å². The predicted octanol–water partition coefficient (Wildman–Crippen LogP) is -1.80. The van der Waals surface area contributed by atoms with Gasteiger partial charge in [0.1, 0.15) is 0 Å². The Bertz CT molecular complexity index is 155. The van der Waals surface area contributed by atoms with Crippen LogP contribution >= 0.6 is 0 Å². The summed E-state index contributed by atoms with van der Waals surface area (Å²) in [6.45, 7) is 1.48. The lowest BCUT2D eigenvalue weighted by Crippen LogP contribution is -2.46. The number of rotatable bonds is 2. The predicted molar refractivity (Wildman–Crippen MR) is 40.5 cm³/mol. The number of aliphatic hydroxyl groups is 2. The molecule has 0 radical (unpaired) electrons. The molecule has 5 heteroatoms. The largest absolute Gasteiger partial charge is 0.393 e. The molecule has 1 fully saturated rings. The molecule has 1 unspecified atom stereocenters. The molecule has 1 rings (SSSR count). The van der Waals surface area contributed by atoms with Crippen molar-refractivity contribution in [3.05, 3.63) is 0 Å². The van der Waals surface area contributed by atoms with Gasteiger partial charge in [-0.15, -0.1) is 0 Å². The molecule has 1 saturated heterocycles. The minimum absolute atomic E-state index is 0.416. The Labute approximate surface area is 70.5 Å². The van der Waals surface area contributed by atoms with Crippen molar-refractivity contribution in [3.8, 4) is 0 Å². The summed E-state index contributed by atoms with van der Waals surface area (Å²) in [6.07, 6.45) is -1.27. The third-order valence-electron chi connectivity index (χ3n) is 1.78. The quantitative estimate of drug-likeness (QED) is 0.519. The molecule has 0 aromatic heterocycles. The van der Waals surface area contributed by atoms with E-state index < -0.39 is 18.6 Å². The number of hydrogen-bond donors (Lipinski definition) is 2. The van der Waals surface area contributed by atoms with E-state index in [-0.39, 0.29) is 0 Å². The Morgan fingerprint density at radius 3 is 2.58 bits per heavy atom. The molecule has 1 amide bonds. The number of carbonyl (C=O) groups is 1. The summed E-state index contributed by atoms with van der Waals surface area (Å²) >= 11 is 0. The maximum Gasteiger partial charge on any atom is 0.253 e. The first-order valence-electron chi connectivity index (χ1n) is 3.91. The van der Waals surface area contributed by atoms with Crippen LogP contribution in [0.1, 0.15) is 0 Å². The van der Waals surface area contributed by atoms with Crippen LogP contribution in [0, 0.1) is 0 Å². The van der Waals surface area contributed by atoms with Gasteiger partial charge in [-0.05, 0) is 0 Å². The van der Waals surface area contributed by atoms with E-state index in [1.165, 1.54) is 4.90 Å². The lowest BCUT2D eigenvalue weighted by Gasteiger charge is -2.28. The summed E-state index contributed by atoms with van der Waals surface area (Å²) in [4.78, 5) is 12.7. The molecule has 1 aliphatic rings. The van der Waals surface area contributed by atoms with E-state index in [1.807, 2.05) is 0 Å². The second-order valence-corrected chi connectivity index (χ2v) is 2.64. The first-order valence-corrected chi connectivity index (χ1v) is 3.91. The SMILES string of the molecule is O=C(C(O)CO)N1CCOCC1. The highest BCUT2D eigenvalue weighted by Crippen LogP contribution is 1.99. The van der Waals surface area contributed by atoms with Gasteiger partial charge >= 0.3 is 0 Å². The average Bonchev–Trinajstić information content (AvgIpc) is 2.17. The molecule has 0 aliphatic carbocycles. The van der Waals surface area contributed by atoms with Gasteiger partial charge in [-0.3, -0.25) is 4.79 Å². The summed E-state index contributed by atoms with van der Waals surface area (Å²) in [6, 6.07) is 0. The smallest absolute Gasteiger partial charge is 0.253 e. The number of amides is 1. The first-order chi connectivity index (χ1) is 5.75. The van der Waals surface area contributed by atoms with Crippen LogP contribution in [0.25, 0.3) is 0 Å². The summed E-state index contributed by atoms with van der Waals surface area (Å²) in [5.41, 5.74) is 0. The summed E-state index contributed by atoms with van der Waals surface area (Å²) in [5.74, 6) is -0.416. The highest BCUT2D eigenvalue weighted by atomic mass is 16.5. The highest BCUT2D eigenvalue weighted by molar-refractivity contribution is 5.80. The minimum Gasteiger partial charge on any atom is -0.393 e. The van der Waals surface area contributed by atoms with Crippen molar-refractivity contribution < 1.29 is 19.7 Å². The molecule has 1 atom stereocenters. The van der Waals surface area contributed by atoms with Crippen molar-refractivity contribution >= 4 is 5.91 Å². The minimum atomic E-state index is -1.27. The average molecular weight is 175 g/mol. The molecule has 0 spiro atoms. The second-order valence-electron chi connectivity index (χ2n) is 2.64. The number of nitrogens with zero attached hydrogens (tertiary/aromatic N) is 1. The molecular formula is C7H13NO4. The van der Waals surface area contributed by atoms with Gasteiger partial charge in [-0.25, -0.2) is 0 Å². The van der Waals surface area contributed by atoms with Crippen LogP contribution in [0.4, 0.5) is 0 Å². The summed E-state index contributed by atoms with van der Waals surface area (Å²) in [5, 5.41) is 17.5. The zero-order chi connectivity index (χ0) is 8.97. The van der Waals surface area contributed by atoms with E-state index in [9.17, 15) is 4.79 Å². The molecule has 2 N–H and O–H groups in total. The van der Waals surface area contributed by atoms with Gasteiger partial charge in [0.25, 0.3) is 5.91 Å². The molecular weight excluding hydrogens is 162 g/mol. The van der Waals surface area contributed by atoms with E-state index in [2.05, 4.69) is 0 Å². The Kier molecular flexibility index (Phi) is 3.46. The van der Waals surface area contributed by atoms with Crippen LogP contribution in [0.2, 0.25) is 0 Å². The normalized spacial score (nSPS) is 20.7. The van der Waals surface area contributed by atoms with E-state index in [0.29, 0.717) is 26.3 Å². The van der Waals surface area contributed by atoms with Crippen LogP contribution < -0.4 is 0 Å². The lowest BCUT2D eigenvalue weighted by atomic mass is 10.3. The van der Waals surface area contributed by atoms with Gasteiger partial charge in [0.2, 0.25) is 0 Å². The summed E-state index contributed by atoms with van der Waals surface area (Å²) in [7, 11) is 0. The van der Waals surface area contributed by atoms with E-state index >= 15 is 0 Å². The highest BCUT2D eigenvalue weighted by Gasteiger charge is 2.22. The Hall–Kier alpha value is -0.650. The molecule has 1 heterocycles. The van der Waals surface area contributed by atoms with Crippen LogP contribution in [-0.2, 0) is 9.53 Å². The number of hydrogen-bond acceptors (Lipinski definition) is 4. The van der Waals surface area contributed by atoms with E-state index in [1.54, 1.807) is 0 Å². The zero-order valence-corrected chi connectivity index (χ0v) is 6.77. The van der Waals surface area contributed by atoms with Crippen LogP contribution in [0.5, 0.6) is 0 Å². The molecule has 0 bridgehead atoms. The van der Waals surface area contributed by atoms with Gasteiger partial charge in [-0.1, -0.05) is 0 Å². The monoisotopic (exact) mass is 175 g/mol. The van der Waals surface area contributed by atoms with Crippen LogP contribution in [0.15, 0.2) is 0 Å². The molecule has 1 aliphatic heterocycles. The molecule has 0 saturated carbocycles. The lowest BCUT2D eigenvalue weighted by molar-refractivity contribution is -0.146. The van der Waals surface area contributed by atoms with Crippen molar-refractivity contribution in [2.24, 2.45) is 0 Å². The number of aliphatic hydroxyl groups excluding tert-OH is 2. The van der Waals surface area contributed by atoms with Gasteiger partial charge in [0.15, 0.2) is 6.10 Å². The van der Waals surface area contributed by atoms with E-state index in [4.69, 9.17) is 14.9 Å². The summed E-state index contributed by atoms with van der Waals surface area (Å²) < 4.78 is 5.03. The maximum atomic E-state index is 11.2. The van der Waals surface area contributed by atoms with Crippen LogP contribution in [0.3, 0.4) is 0 Å². The number of morpholine rings is 1. The molecule has 0 aromatic rings. The van der Waals surface area contributed by atoms with Gasteiger partial charge < -0.3 is 19.8 Å². The number of carbonyl (C=O) groups excluding carboxylic acids is 1. The Balaban J connectivity index is 2.39. The zero-order valence-electron chi connectivity index (χ0n) is 6.77. The molecule has 12 heavy (non-hydrogen) atoms. The van der Waals surface area contributed by atoms with Crippen molar-refractivity contribution in [3.63, 3.8) is 0 Å². The topological polar surface area (TPSA) is 70.0 Å². The van der Waals surface area contributed by atoms with Crippen molar-refractivity contribution in [2.45, 2.75) is 6.10 Å².